The molecule has 5 heteroatoms. The predicted molar refractivity (Wildman–Crippen MR) is 111 cm³/mol. The zero-order chi connectivity index (χ0) is 21.8. The Labute approximate surface area is 179 Å². The quantitative estimate of drug-likeness (QED) is 0.643. The molecule has 0 unspecified atom stereocenters. The maximum Gasteiger partial charge on any atom is 0.305 e. The Balaban J connectivity index is 1.59. The van der Waals surface area contributed by atoms with Crippen molar-refractivity contribution in [1.82, 2.24) is 0 Å². The molecule has 4 aliphatic rings. The third kappa shape index (κ3) is 3.18. The molecule has 0 aromatic heterocycles. The molecule has 4 saturated carbocycles. The zero-order valence-electron chi connectivity index (χ0n) is 18.9. The van der Waals surface area contributed by atoms with E-state index < -0.39 is 0 Å². The molecule has 166 valence electrons. The Morgan fingerprint density at radius 1 is 1.03 bits per heavy atom. The van der Waals surface area contributed by atoms with Crippen molar-refractivity contribution < 1.29 is 23.9 Å². The van der Waals surface area contributed by atoms with Crippen LogP contribution in [0, 0.1) is 46.3 Å². The minimum absolute atomic E-state index is 0.0417. The first-order valence-corrected chi connectivity index (χ1v) is 11.8. The number of rotatable bonds is 4. The number of methoxy groups -OCH3 is 1. The lowest BCUT2D eigenvalue weighted by molar-refractivity contribution is -0.159. The van der Waals surface area contributed by atoms with E-state index in [9.17, 15) is 19.2 Å². The number of esters is 1. The van der Waals surface area contributed by atoms with Crippen molar-refractivity contribution in [2.45, 2.75) is 78.6 Å². The second-order valence-corrected chi connectivity index (χ2v) is 11.1. The fourth-order valence-electron chi connectivity index (χ4n) is 8.15. The van der Waals surface area contributed by atoms with E-state index in [4.69, 9.17) is 4.74 Å². The van der Waals surface area contributed by atoms with Gasteiger partial charge in [0.05, 0.1) is 7.11 Å². The molecular weight excluding hydrogens is 380 g/mol. The topological polar surface area (TPSA) is 77.5 Å². The van der Waals surface area contributed by atoms with Gasteiger partial charge in [-0.2, -0.15) is 0 Å². The second kappa shape index (κ2) is 7.56. The maximum atomic E-state index is 13.4. The molecule has 4 rings (SSSR count). The number of Topliss-reactive ketones (excluding diaryl/α,β-unsaturated/α-hetero) is 3. The van der Waals surface area contributed by atoms with Crippen molar-refractivity contribution in [3.63, 3.8) is 0 Å². The van der Waals surface area contributed by atoms with Gasteiger partial charge >= 0.3 is 5.97 Å². The lowest BCUT2D eigenvalue weighted by atomic mass is 9.44. The minimum Gasteiger partial charge on any atom is -0.469 e. The maximum absolute atomic E-state index is 13.4. The first-order chi connectivity index (χ1) is 14.1. The van der Waals surface area contributed by atoms with Gasteiger partial charge in [0.1, 0.15) is 17.3 Å². The number of fused-ring (bicyclic) bond motifs is 5. The van der Waals surface area contributed by atoms with E-state index >= 15 is 0 Å². The third-order valence-corrected chi connectivity index (χ3v) is 9.80. The van der Waals surface area contributed by atoms with Crippen LogP contribution >= 0.6 is 0 Å². The standard InChI is InChI=1S/C25H36O5/c1-14(5-6-21(29)30-4)23-20(28)13-18-22-17(8-10-25(18,23)3)24(2)9-7-16(26)11-15(24)12-19(22)27/h14-15,17-18,22-23H,5-13H2,1-4H3/t14-,15+,17+,18+,22-,23+,24+,25+/m1/s1. The largest absolute Gasteiger partial charge is 0.469 e. The van der Waals surface area contributed by atoms with Gasteiger partial charge < -0.3 is 4.74 Å². The summed E-state index contributed by atoms with van der Waals surface area (Å²) < 4.78 is 4.78. The van der Waals surface area contributed by atoms with Gasteiger partial charge in [-0.05, 0) is 60.2 Å². The lowest BCUT2D eigenvalue weighted by Gasteiger charge is -2.59. The molecule has 0 amide bonds. The van der Waals surface area contributed by atoms with E-state index in [1.807, 2.05) is 0 Å². The summed E-state index contributed by atoms with van der Waals surface area (Å²) in [6.45, 7) is 6.62. The normalized spacial score (nSPS) is 44.1. The summed E-state index contributed by atoms with van der Waals surface area (Å²) in [6, 6.07) is 0. The molecular formula is C25H36O5. The van der Waals surface area contributed by atoms with Gasteiger partial charge in [0.15, 0.2) is 0 Å². The van der Waals surface area contributed by atoms with Gasteiger partial charge in [0, 0.05) is 43.9 Å². The molecule has 4 fully saturated rings. The van der Waals surface area contributed by atoms with Crippen LogP contribution < -0.4 is 0 Å². The van der Waals surface area contributed by atoms with E-state index in [1.165, 1.54) is 7.11 Å². The summed E-state index contributed by atoms with van der Waals surface area (Å²) in [5, 5.41) is 0. The fraction of sp³-hybridized carbons (Fsp3) is 0.840. The van der Waals surface area contributed by atoms with Gasteiger partial charge in [-0.15, -0.1) is 0 Å². The van der Waals surface area contributed by atoms with Crippen molar-refractivity contribution in [2.75, 3.05) is 7.11 Å². The molecule has 0 aliphatic heterocycles. The average Bonchev–Trinajstić information content (AvgIpc) is 2.97. The number of ketones is 3. The zero-order valence-corrected chi connectivity index (χ0v) is 18.9. The summed E-state index contributed by atoms with van der Waals surface area (Å²) in [7, 11) is 1.40. The Hall–Kier alpha value is -1.52. The number of carbonyl (C=O) groups excluding carboxylic acids is 4. The van der Waals surface area contributed by atoms with Gasteiger partial charge in [0.25, 0.3) is 0 Å². The summed E-state index contributed by atoms with van der Waals surface area (Å²) in [5.74, 6) is 1.22. The van der Waals surface area contributed by atoms with E-state index in [2.05, 4.69) is 20.8 Å². The van der Waals surface area contributed by atoms with Crippen LogP contribution in [0.3, 0.4) is 0 Å². The summed E-state index contributed by atoms with van der Waals surface area (Å²) in [5.41, 5.74) is -0.122. The van der Waals surface area contributed by atoms with Crippen LogP contribution in [-0.4, -0.2) is 30.4 Å². The highest BCUT2D eigenvalue weighted by Crippen LogP contribution is 2.66. The summed E-state index contributed by atoms with van der Waals surface area (Å²) in [6.07, 6.45) is 6.00. The lowest BCUT2D eigenvalue weighted by Crippen LogP contribution is -2.57. The molecule has 0 spiro atoms. The molecule has 0 aromatic carbocycles. The molecule has 0 heterocycles. The second-order valence-electron chi connectivity index (χ2n) is 11.1. The Kier molecular flexibility index (Phi) is 5.47. The fourth-order valence-corrected chi connectivity index (χ4v) is 8.15. The van der Waals surface area contributed by atoms with Gasteiger partial charge in [-0.25, -0.2) is 0 Å². The highest BCUT2D eigenvalue weighted by atomic mass is 16.5. The van der Waals surface area contributed by atoms with Gasteiger partial charge in [0.2, 0.25) is 0 Å². The van der Waals surface area contributed by atoms with Crippen LogP contribution in [0.15, 0.2) is 0 Å². The smallest absolute Gasteiger partial charge is 0.305 e. The van der Waals surface area contributed by atoms with Crippen molar-refractivity contribution >= 4 is 23.3 Å². The first kappa shape index (κ1) is 21.7. The van der Waals surface area contributed by atoms with Gasteiger partial charge in [-0.3, -0.25) is 19.2 Å². The summed E-state index contributed by atoms with van der Waals surface area (Å²) in [4.78, 5) is 50.3. The van der Waals surface area contributed by atoms with Crippen LogP contribution in [0.25, 0.3) is 0 Å². The molecule has 0 bridgehead atoms. The number of carbonyl (C=O) groups is 4. The minimum atomic E-state index is -0.231. The van der Waals surface area contributed by atoms with Gasteiger partial charge in [-0.1, -0.05) is 20.8 Å². The molecule has 0 N–H and O–H groups in total. The Morgan fingerprint density at radius 2 is 1.77 bits per heavy atom. The van der Waals surface area contributed by atoms with E-state index in [0.717, 1.165) is 19.3 Å². The van der Waals surface area contributed by atoms with Crippen molar-refractivity contribution in [2.24, 2.45) is 46.3 Å². The molecule has 8 atom stereocenters. The molecule has 0 aromatic rings. The van der Waals surface area contributed by atoms with Crippen molar-refractivity contribution in [3.8, 4) is 0 Å². The summed E-state index contributed by atoms with van der Waals surface area (Å²) >= 11 is 0. The van der Waals surface area contributed by atoms with Crippen molar-refractivity contribution in [3.05, 3.63) is 0 Å². The van der Waals surface area contributed by atoms with Crippen LogP contribution in [0.5, 0.6) is 0 Å². The molecule has 30 heavy (non-hydrogen) atoms. The van der Waals surface area contributed by atoms with E-state index in [0.29, 0.717) is 56.0 Å². The van der Waals surface area contributed by atoms with Crippen molar-refractivity contribution in [1.29, 1.82) is 0 Å². The van der Waals surface area contributed by atoms with E-state index in [-0.39, 0.29) is 52.2 Å². The number of hydrogen-bond donors (Lipinski definition) is 0. The highest BCUT2D eigenvalue weighted by molar-refractivity contribution is 5.90. The predicted octanol–water partition coefficient (Wildman–Crippen LogP) is 4.16. The first-order valence-electron chi connectivity index (χ1n) is 11.8. The molecule has 0 saturated heterocycles. The van der Waals surface area contributed by atoms with Crippen LogP contribution in [0.2, 0.25) is 0 Å². The number of hydrogen-bond acceptors (Lipinski definition) is 5. The monoisotopic (exact) mass is 416 g/mol. The highest BCUT2D eigenvalue weighted by Gasteiger charge is 2.65. The Bertz CT molecular complexity index is 772. The molecule has 5 nitrogen and oxygen atoms in total. The van der Waals surface area contributed by atoms with Crippen LogP contribution in [0.1, 0.15) is 78.6 Å². The molecule has 0 radical (unpaired) electrons. The average molecular weight is 417 g/mol. The number of ether oxygens (including phenoxy) is 1. The Morgan fingerprint density at radius 3 is 2.47 bits per heavy atom. The molecule has 4 aliphatic carbocycles. The third-order valence-electron chi connectivity index (χ3n) is 9.80. The van der Waals surface area contributed by atoms with E-state index in [1.54, 1.807) is 0 Å². The van der Waals surface area contributed by atoms with Crippen LogP contribution in [0.4, 0.5) is 0 Å². The van der Waals surface area contributed by atoms with Crippen LogP contribution in [-0.2, 0) is 23.9 Å². The SMILES string of the molecule is COC(=O)CC[C@@H](C)[C@H]1C(=O)C[C@H]2[C@@H]3C(=O)C[C@@H]4CC(=O)CC[C@]4(C)[C@H]3CC[C@]12C.